The summed E-state index contributed by atoms with van der Waals surface area (Å²) in [4.78, 5) is 16.8. The van der Waals surface area contributed by atoms with Gasteiger partial charge >= 0.3 is 0 Å². The molecule has 146 valence electrons. The molecule has 0 saturated heterocycles. The molecule has 0 aliphatic carbocycles. The lowest BCUT2D eigenvalue weighted by atomic mass is 10.3. The van der Waals surface area contributed by atoms with Crippen molar-refractivity contribution in [3.05, 3.63) is 64.9 Å². The molecule has 0 bridgehead atoms. The Bertz CT molecular complexity index is 1110. The van der Waals surface area contributed by atoms with Gasteiger partial charge in [-0.3, -0.25) is 9.52 Å². The van der Waals surface area contributed by atoms with Crippen molar-refractivity contribution in [3.8, 4) is 5.75 Å². The van der Waals surface area contributed by atoms with Gasteiger partial charge in [-0.1, -0.05) is 17.4 Å². The Morgan fingerprint density at radius 1 is 1.18 bits per heavy atom. The number of benzene rings is 2. The summed E-state index contributed by atoms with van der Waals surface area (Å²) < 4.78 is 45.6. The fourth-order valence-corrected chi connectivity index (χ4v) is 4.43. The predicted octanol–water partition coefficient (Wildman–Crippen LogP) is 3.65. The number of hydrogen-bond acceptors (Lipinski definition) is 6. The lowest BCUT2D eigenvalue weighted by Gasteiger charge is -2.06. The maximum Gasteiger partial charge on any atom is 0.267 e. The molecule has 28 heavy (non-hydrogen) atoms. The monoisotopic (exact) mass is 421 g/mol. The number of nitrogens with zero attached hydrogens (tertiary/aromatic N) is 1. The van der Waals surface area contributed by atoms with Gasteiger partial charge < -0.3 is 10.1 Å². The number of thiazole rings is 1. The van der Waals surface area contributed by atoms with Crippen molar-refractivity contribution in [1.29, 1.82) is 0 Å². The zero-order valence-electron chi connectivity index (χ0n) is 14.9. The number of methoxy groups -OCH3 is 1. The third-order valence-electron chi connectivity index (χ3n) is 3.68. The first-order valence-electron chi connectivity index (χ1n) is 8.00. The zero-order valence-corrected chi connectivity index (χ0v) is 16.5. The van der Waals surface area contributed by atoms with Crippen molar-refractivity contribution in [2.75, 3.05) is 17.1 Å². The van der Waals surface area contributed by atoms with E-state index in [1.165, 1.54) is 49.6 Å². The molecule has 3 aromatic rings. The molecular weight excluding hydrogens is 405 g/mol. The molecule has 0 spiro atoms. The average Bonchev–Trinajstić information content (AvgIpc) is 3.01. The van der Waals surface area contributed by atoms with Crippen LogP contribution in [0, 0.1) is 12.7 Å². The van der Waals surface area contributed by atoms with Crippen LogP contribution in [0.5, 0.6) is 5.75 Å². The standard InChI is InChI=1S/C18H16FN3O4S2/c1-11-16(17(23)21-13-5-3-4-12(19)10-13)27-18(20-11)22-28(24,25)15-8-6-14(26-2)7-9-15/h3-10H,1-2H3,(H,20,22)(H,21,23). The van der Waals surface area contributed by atoms with Gasteiger partial charge in [0.2, 0.25) is 0 Å². The second-order valence-electron chi connectivity index (χ2n) is 5.68. The number of sulfonamides is 1. The fourth-order valence-electron chi connectivity index (χ4n) is 2.33. The van der Waals surface area contributed by atoms with E-state index >= 15 is 0 Å². The Kier molecular flexibility index (Phi) is 5.61. The highest BCUT2D eigenvalue weighted by Gasteiger charge is 2.20. The molecule has 10 heteroatoms. The molecule has 0 atom stereocenters. The number of aromatic nitrogens is 1. The Labute approximate surface area is 165 Å². The lowest BCUT2D eigenvalue weighted by molar-refractivity contribution is 0.103. The Morgan fingerprint density at radius 3 is 2.54 bits per heavy atom. The number of amides is 1. The number of rotatable bonds is 6. The van der Waals surface area contributed by atoms with E-state index in [0.29, 0.717) is 11.4 Å². The van der Waals surface area contributed by atoms with Crippen LogP contribution in [0.4, 0.5) is 15.2 Å². The van der Waals surface area contributed by atoms with Gasteiger partial charge in [-0.15, -0.1) is 0 Å². The summed E-state index contributed by atoms with van der Waals surface area (Å²) in [5.41, 5.74) is 0.643. The first-order chi connectivity index (χ1) is 13.3. The van der Waals surface area contributed by atoms with Crippen molar-refractivity contribution in [3.63, 3.8) is 0 Å². The molecule has 0 radical (unpaired) electrons. The van der Waals surface area contributed by atoms with Crippen LogP contribution < -0.4 is 14.8 Å². The van der Waals surface area contributed by atoms with Crippen LogP contribution in [0.1, 0.15) is 15.4 Å². The number of hydrogen-bond donors (Lipinski definition) is 2. The van der Waals surface area contributed by atoms with E-state index in [1.54, 1.807) is 13.0 Å². The van der Waals surface area contributed by atoms with E-state index in [-0.39, 0.29) is 20.6 Å². The highest BCUT2D eigenvalue weighted by Crippen LogP contribution is 2.26. The third-order valence-corrected chi connectivity index (χ3v) is 6.23. The quantitative estimate of drug-likeness (QED) is 0.633. The molecule has 1 amide bonds. The molecule has 0 fully saturated rings. The minimum atomic E-state index is -3.87. The summed E-state index contributed by atoms with van der Waals surface area (Å²) in [6.45, 7) is 1.59. The summed E-state index contributed by atoms with van der Waals surface area (Å²) >= 11 is 0.888. The first kappa shape index (κ1) is 19.8. The average molecular weight is 421 g/mol. The zero-order chi connectivity index (χ0) is 20.3. The van der Waals surface area contributed by atoms with Crippen LogP contribution >= 0.6 is 11.3 Å². The van der Waals surface area contributed by atoms with Gasteiger partial charge in [0.05, 0.1) is 17.7 Å². The van der Waals surface area contributed by atoms with Crippen LogP contribution in [0.2, 0.25) is 0 Å². The van der Waals surface area contributed by atoms with Crippen LogP contribution in [0.3, 0.4) is 0 Å². The minimum Gasteiger partial charge on any atom is -0.497 e. The third kappa shape index (κ3) is 4.46. The highest BCUT2D eigenvalue weighted by atomic mass is 32.2. The maximum absolute atomic E-state index is 13.3. The molecular formula is C18H16FN3O4S2. The van der Waals surface area contributed by atoms with Crippen LogP contribution in [-0.2, 0) is 10.0 Å². The van der Waals surface area contributed by atoms with Gasteiger partial charge in [-0.25, -0.2) is 17.8 Å². The van der Waals surface area contributed by atoms with E-state index in [4.69, 9.17) is 4.74 Å². The van der Waals surface area contributed by atoms with E-state index in [9.17, 15) is 17.6 Å². The number of ether oxygens (including phenoxy) is 1. The second kappa shape index (κ2) is 7.95. The van der Waals surface area contributed by atoms with E-state index < -0.39 is 21.7 Å². The predicted molar refractivity (Wildman–Crippen MR) is 105 cm³/mol. The summed E-state index contributed by atoms with van der Waals surface area (Å²) in [6.07, 6.45) is 0. The minimum absolute atomic E-state index is 0.0342. The number of aryl methyl sites for hydroxylation is 1. The topological polar surface area (TPSA) is 97.4 Å². The van der Waals surface area contributed by atoms with Crippen LogP contribution in [0.25, 0.3) is 0 Å². The smallest absolute Gasteiger partial charge is 0.267 e. The van der Waals surface area contributed by atoms with E-state index in [0.717, 1.165) is 11.3 Å². The Hall–Kier alpha value is -2.98. The summed E-state index contributed by atoms with van der Waals surface area (Å²) in [6, 6.07) is 11.3. The Balaban J connectivity index is 1.78. The van der Waals surface area contributed by atoms with Crippen molar-refractivity contribution >= 4 is 38.1 Å². The Morgan fingerprint density at radius 2 is 1.89 bits per heavy atom. The lowest BCUT2D eigenvalue weighted by Crippen LogP contribution is -2.12. The van der Waals surface area contributed by atoms with E-state index in [1.807, 2.05) is 0 Å². The van der Waals surface area contributed by atoms with Crippen LogP contribution in [-0.4, -0.2) is 26.4 Å². The number of carbonyl (C=O) groups excluding carboxylic acids is 1. The van der Waals surface area contributed by atoms with Crippen LogP contribution in [0.15, 0.2) is 53.4 Å². The fraction of sp³-hybridized carbons (Fsp3) is 0.111. The molecule has 1 aromatic heterocycles. The van der Waals surface area contributed by atoms with Crippen molar-refractivity contribution in [1.82, 2.24) is 4.98 Å². The molecule has 0 aliphatic heterocycles. The molecule has 1 heterocycles. The number of nitrogens with one attached hydrogen (secondary N) is 2. The second-order valence-corrected chi connectivity index (χ2v) is 8.36. The van der Waals surface area contributed by atoms with Gasteiger partial charge in [0.25, 0.3) is 15.9 Å². The van der Waals surface area contributed by atoms with Gasteiger partial charge in [-0.05, 0) is 49.4 Å². The maximum atomic E-state index is 13.3. The van der Waals surface area contributed by atoms with Gasteiger partial charge in [-0.2, -0.15) is 0 Å². The molecule has 7 nitrogen and oxygen atoms in total. The number of carbonyl (C=O) groups is 1. The van der Waals surface area contributed by atoms with Gasteiger partial charge in [0, 0.05) is 5.69 Å². The summed E-state index contributed by atoms with van der Waals surface area (Å²) in [5.74, 6) is -0.456. The number of halogens is 1. The highest BCUT2D eigenvalue weighted by molar-refractivity contribution is 7.93. The van der Waals surface area contributed by atoms with Crippen molar-refractivity contribution < 1.29 is 22.3 Å². The normalized spacial score (nSPS) is 11.1. The molecule has 3 rings (SSSR count). The molecule has 0 unspecified atom stereocenters. The molecule has 2 N–H and O–H groups in total. The molecule has 0 saturated carbocycles. The summed E-state index contributed by atoms with van der Waals surface area (Å²) in [5, 5.41) is 2.61. The molecule has 2 aromatic carbocycles. The van der Waals surface area contributed by atoms with E-state index in [2.05, 4.69) is 15.0 Å². The largest absolute Gasteiger partial charge is 0.497 e. The first-order valence-corrected chi connectivity index (χ1v) is 10.3. The summed E-state index contributed by atoms with van der Waals surface area (Å²) in [7, 11) is -2.39. The SMILES string of the molecule is COc1ccc(S(=O)(=O)Nc2nc(C)c(C(=O)Nc3cccc(F)c3)s2)cc1. The van der Waals surface area contributed by atoms with Gasteiger partial charge in [0.15, 0.2) is 5.13 Å². The van der Waals surface area contributed by atoms with Crippen molar-refractivity contribution in [2.24, 2.45) is 0 Å². The number of anilines is 2. The molecule has 0 aliphatic rings. The van der Waals surface area contributed by atoms with Crippen molar-refractivity contribution in [2.45, 2.75) is 11.8 Å². The van der Waals surface area contributed by atoms with Gasteiger partial charge in [0.1, 0.15) is 16.4 Å².